The number of aryl methyl sites for hydroxylation is 2. The van der Waals surface area contributed by atoms with Gasteiger partial charge in [-0.1, -0.05) is 11.3 Å². The zero-order valence-corrected chi connectivity index (χ0v) is 18.2. The van der Waals surface area contributed by atoms with Crippen molar-refractivity contribution >= 4 is 17.2 Å². The first kappa shape index (κ1) is 19.9. The van der Waals surface area contributed by atoms with Gasteiger partial charge in [-0.3, -0.25) is 9.48 Å². The van der Waals surface area contributed by atoms with E-state index < -0.39 is 0 Å². The lowest BCUT2D eigenvalue weighted by Gasteiger charge is -2.07. The molecule has 7 nitrogen and oxygen atoms in total. The van der Waals surface area contributed by atoms with Crippen LogP contribution in [0.1, 0.15) is 26.6 Å². The molecule has 0 atom stereocenters. The standard InChI is InChI=1S/C22H23N5O2S/c1-14-18(15(2)26(3)25-14)13-23-21(28)20-19(16-7-9-17(29-4)10-8-16)24-22(30-20)27-11-5-6-12-27/h5-12H,13H2,1-4H3,(H,23,28). The number of ether oxygens (including phenoxy) is 1. The number of nitrogens with one attached hydrogen (secondary N) is 1. The Bertz CT molecular complexity index is 1170. The SMILES string of the molecule is COc1ccc(-c2nc(-n3cccc3)sc2C(=O)NCc2c(C)nn(C)c2C)cc1. The molecule has 0 aliphatic rings. The maximum atomic E-state index is 13.1. The molecule has 1 N–H and O–H groups in total. The van der Waals surface area contributed by atoms with Gasteiger partial charge in [0.1, 0.15) is 10.6 Å². The smallest absolute Gasteiger partial charge is 0.264 e. The van der Waals surface area contributed by atoms with E-state index in [4.69, 9.17) is 9.72 Å². The third kappa shape index (κ3) is 3.73. The van der Waals surface area contributed by atoms with Gasteiger partial charge in [0, 0.05) is 42.8 Å². The van der Waals surface area contributed by atoms with Gasteiger partial charge in [-0.05, 0) is 50.2 Å². The number of rotatable bonds is 6. The quantitative estimate of drug-likeness (QED) is 0.513. The lowest BCUT2D eigenvalue weighted by molar-refractivity contribution is 0.0955. The lowest BCUT2D eigenvalue weighted by Crippen LogP contribution is -2.23. The second kappa shape index (κ2) is 8.16. The predicted molar refractivity (Wildman–Crippen MR) is 117 cm³/mol. The Hall–Kier alpha value is -3.39. The Balaban J connectivity index is 1.67. The summed E-state index contributed by atoms with van der Waals surface area (Å²) in [6.07, 6.45) is 3.83. The van der Waals surface area contributed by atoms with Gasteiger partial charge in [-0.25, -0.2) is 4.98 Å². The van der Waals surface area contributed by atoms with Crippen LogP contribution in [0.5, 0.6) is 5.75 Å². The summed E-state index contributed by atoms with van der Waals surface area (Å²) in [4.78, 5) is 18.5. The molecule has 4 aromatic rings. The zero-order chi connectivity index (χ0) is 21.3. The third-order valence-electron chi connectivity index (χ3n) is 5.10. The summed E-state index contributed by atoms with van der Waals surface area (Å²) in [6, 6.07) is 11.4. The highest BCUT2D eigenvalue weighted by molar-refractivity contribution is 7.16. The van der Waals surface area contributed by atoms with Gasteiger partial charge < -0.3 is 14.6 Å². The molecule has 0 unspecified atom stereocenters. The van der Waals surface area contributed by atoms with Crippen LogP contribution in [0.3, 0.4) is 0 Å². The van der Waals surface area contributed by atoms with Crippen molar-refractivity contribution < 1.29 is 9.53 Å². The molecule has 0 bridgehead atoms. The second-order valence-electron chi connectivity index (χ2n) is 6.95. The number of carbonyl (C=O) groups excluding carboxylic acids is 1. The average Bonchev–Trinajstić information content (AvgIpc) is 3.47. The average molecular weight is 422 g/mol. The summed E-state index contributed by atoms with van der Waals surface area (Å²) in [6.45, 7) is 4.37. The van der Waals surface area contributed by atoms with E-state index >= 15 is 0 Å². The molecule has 3 aromatic heterocycles. The fraction of sp³-hybridized carbons (Fsp3) is 0.227. The minimum Gasteiger partial charge on any atom is -0.497 e. The van der Waals surface area contributed by atoms with Crippen molar-refractivity contribution in [2.75, 3.05) is 7.11 Å². The normalized spacial score (nSPS) is 10.9. The number of benzene rings is 1. The van der Waals surface area contributed by atoms with Gasteiger partial charge in [0.2, 0.25) is 0 Å². The van der Waals surface area contributed by atoms with Crippen molar-refractivity contribution in [3.05, 3.63) is 70.6 Å². The van der Waals surface area contributed by atoms with Crippen molar-refractivity contribution in [3.8, 4) is 22.1 Å². The predicted octanol–water partition coefficient (Wildman–Crippen LogP) is 3.89. The van der Waals surface area contributed by atoms with E-state index in [1.165, 1.54) is 11.3 Å². The van der Waals surface area contributed by atoms with E-state index in [1.54, 1.807) is 7.11 Å². The minimum atomic E-state index is -0.153. The molecule has 0 radical (unpaired) electrons. The molecule has 0 saturated heterocycles. The van der Waals surface area contributed by atoms with E-state index in [9.17, 15) is 4.79 Å². The van der Waals surface area contributed by atoms with E-state index in [-0.39, 0.29) is 5.91 Å². The first-order valence-corrected chi connectivity index (χ1v) is 10.4. The monoisotopic (exact) mass is 421 g/mol. The maximum Gasteiger partial charge on any atom is 0.264 e. The minimum absolute atomic E-state index is 0.153. The number of thiazole rings is 1. The van der Waals surface area contributed by atoms with Crippen molar-refractivity contribution in [3.63, 3.8) is 0 Å². The van der Waals surface area contributed by atoms with Crippen LogP contribution in [0, 0.1) is 13.8 Å². The summed E-state index contributed by atoms with van der Waals surface area (Å²) >= 11 is 1.37. The zero-order valence-electron chi connectivity index (χ0n) is 17.3. The largest absolute Gasteiger partial charge is 0.497 e. The number of aromatic nitrogens is 4. The van der Waals surface area contributed by atoms with Gasteiger partial charge in [0.25, 0.3) is 5.91 Å². The molecule has 4 rings (SSSR count). The Morgan fingerprint density at radius 1 is 1.17 bits per heavy atom. The van der Waals surface area contributed by atoms with Gasteiger partial charge in [0.05, 0.1) is 18.5 Å². The summed E-state index contributed by atoms with van der Waals surface area (Å²) in [5.41, 5.74) is 4.52. The fourth-order valence-electron chi connectivity index (χ4n) is 3.30. The highest BCUT2D eigenvalue weighted by atomic mass is 32.1. The van der Waals surface area contributed by atoms with E-state index in [1.807, 2.05) is 78.9 Å². The molecule has 0 aliphatic heterocycles. The molecule has 1 aromatic carbocycles. The number of hydrogen-bond acceptors (Lipinski definition) is 5. The molecular formula is C22H23N5O2S. The Morgan fingerprint density at radius 2 is 1.87 bits per heavy atom. The fourth-order valence-corrected chi connectivity index (χ4v) is 4.27. The first-order valence-electron chi connectivity index (χ1n) is 9.53. The Labute approximate surface area is 179 Å². The van der Waals surface area contributed by atoms with Crippen LogP contribution >= 0.6 is 11.3 Å². The molecule has 0 saturated carbocycles. The Kier molecular flexibility index (Phi) is 5.41. The number of nitrogens with zero attached hydrogens (tertiary/aromatic N) is 4. The lowest BCUT2D eigenvalue weighted by atomic mass is 10.1. The van der Waals surface area contributed by atoms with Crippen LogP contribution in [0.2, 0.25) is 0 Å². The van der Waals surface area contributed by atoms with Crippen LogP contribution < -0.4 is 10.1 Å². The second-order valence-corrected chi connectivity index (χ2v) is 7.93. The molecule has 30 heavy (non-hydrogen) atoms. The van der Waals surface area contributed by atoms with Crippen LogP contribution in [0.25, 0.3) is 16.4 Å². The van der Waals surface area contributed by atoms with Gasteiger partial charge in [0.15, 0.2) is 5.13 Å². The van der Waals surface area contributed by atoms with E-state index in [2.05, 4.69) is 10.4 Å². The third-order valence-corrected chi connectivity index (χ3v) is 6.16. The van der Waals surface area contributed by atoms with Gasteiger partial charge in [-0.15, -0.1) is 0 Å². The van der Waals surface area contributed by atoms with Crippen molar-refractivity contribution in [2.24, 2.45) is 7.05 Å². The molecule has 3 heterocycles. The first-order chi connectivity index (χ1) is 14.5. The molecular weight excluding hydrogens is 398 g/mol. The molecule has 0 spiro atoms. The van der Waals surface area contributed by atoms with Crippen molar-refractivity contribution in [1.82, 2.24) is 24.6 Å². The van der Waals surface area contributed by atoms with Gasteiger partial charge >= 0.3 is 0 Å². The topological polar surface area (TPSA) is 74.0 Å². The molecule has 1 amide bonds. The van der Waals surface area contributed by atoms with Crippen LogP contribution in [0.15, 0.2) is 48.8 Å². The molecule has 0 fully saturated rings. The van der Waals surface area contributed by atoms with Gasteiger partial charge in [-0.2, -0.15) is 5.10 Å². The Morgan fingerprint density at radius 3 is 2.47 bits per heavy atom. The summed E-state index contributed by atoms with van der Waals surface area (Å²) < 4.78 is 8.99. The van der Waals surface area contributed by atoms with Crippen molar-refractivity contribution in [2.45, 2.75) is 20.4 Å². The number of hydrogen-bond donors (Lipinski definition) is 1. The van der Waals surface area contributed by atoms with E-state index in [0.29, 0.717) is 17.1 Å². The maximum absolute atomic E-state index is 13.1. The molecule has 0 aliphatic carbocycles. The van der Waals surface area contributed by atoms with Crippen LogP contribution in [0.4, 0.5) is 0 Å². The summed E-state index contributed by atoms with van der Waals surface area (Å²) in [5.74, 6) is 0.604. The summed E-state index contributed by atoms with van der Waals surface area (Å²) in [5, 5.41) is 8.21. The highest BCUT2D eigenvalue weighted by Gasteiger charge is 2.21. The molecule has 154 valence electrons. The van der Waals surface area contributed by atoms with Crippen LogP contribution in [-0.4, -0.2) is 32.3 Å². The molecule has 8 heteroatoms. The van der Waals surface area contributed by atoms with Crippen molar-refractivity contribution in [1.29, 1.82) is 0 Å². The van der Waals surface area contributed by atoms with Crippen LogP contribution in [-0.2, 0) is 13.6 Å². The number of carbonyl (C=O) groups is 1. The van der Waals surface area contributed by atoms with E-state index in [0.717, 1.165) is 33.4 Å². The highest BCUT2D eigenvalue weighted by Crippen LogP contribution is 2.31. The number of methoxy groups -OCH3 is 1. The number of amides is 1. The summed E-state index contributed by atoms with van der Waals surface area (Å²) in [7, 11) is 3.53.